The van der Waals surface area contributed by atoms with Gasteiger partial charge in [-0.1, -0.05) is 53.0 Å². The molecule has 2 aromatic carbocycles. The molecule has 1 aromatic heterocycles. The van der Waals surface area contributed by atoms with Gasteiger partial charge < -0.3 is 9.94 Å². The first-order valence-electron chi connectivity index (χ1n) is 7.82. The second-order valence-corrected chi connectivity index (χ2v) is 6.73. The summed E-state index contributed by atoms with van der Waals surface area (Å²) in [5.74, 6) is 0. The average molecular weight is 446 g/mol. The van der Waals surface area contributed by atoms with Gasteiger partial charge >= 0.3 is 0 Å². The van der Waals surface area contributed by atoms with Crippen LogP contribution in [0.1, 0.15) is 17.2 Å². The van der Waals surface area contributed by atoms with E-state index >= 15 is 0 Å². The molecule has 3 rings (SSSR count). The molecule has 0 bridgehead atoms. The predicted octanol–water partition coefficient (Wildman–Crippen LogP) is 4.85. The summed E-state index contributed by atoms with van der Waals surface area (Å²) in [5, 5.41) is 19.6. The van der Waals surface area contributed by atoms with Gasteiger partial charge in [0.2, 0.25) is 0 Å². The maximum atomic E-state index is 8.36. The summed E-state index contributed by atoms with van der Waals surface area (Å²) in [6.45, 7) is 0.921. The molecule has 148 valence electrons. The monoisotopic (exact) mass is 444 g/mol. The van der Waals surface area contributed by atoms with Crippen LogP contribution in [0.2, 0.25) is 15.1 Å². The maximum Gasteiger partial charge on any atom is 0.291 e. The van der Waals surface area contributed by atoms with Crippen LogP contribution < -0.4 is 0 Å². The molecule has 1 atom stereocenters. The Morgan fingerprint density at radius 1 is 1.14 bits per heavy atom. The largest absolute Gasteiger partial charge is 0.367 e. The molecule has 0 aliphatic heterocycles. The van der Waals surface area contributed by atoms with Gasteiger partial charge in [0.15, 0.2) is 0 Å². The fraction of sp³-hybridized carbons (Fsp3) is 0.176. The second-order valence-electron chi connectivity index (χ2n) is 5.45. The number of nitrogens with zero attached hydrogens (tertiary/aromatic N) is 4. The van der Waals surface area contributed by atoms with E-state index in [0.717, 1.165) is 11.1 Å². The third-order valence-corrected chi connectivity index (χ3v) is 4.31. The van der Waals surface area contributed by atoms with Crippen molar-refractivity contribution in [2.75, 3.05) is 0 Å². The molecular weight excluding hydrogens is 431 g/mol. The highest BCUT2D eigenvalue weighted by atomic mass is 35.5. The zero-order valence-electron chi connectivity index (χ0n) is 14.3. The number of hydrogen-bond acceptors (Lipinski definition) is 5. The van der Waals surface area contributed by atoms with E-state index in [-0.39, 0.29) is 6.10 Å². The third-order valence-electron chi connectivity index (χ3n) is 3.49. The summed E-state index contributed by atoms with van der Waals surface area (Å²) >= 11 is 18.2. The quantitative estimate of drug-likeness (QED) is 0.430. The van der Waals surface area contributed by atoms with Gasteiger partial charge in [0.05, 0.1) is 13.2 Å². The molecule has 1 unspecified atom stereocenters. The van der Waals surface area contributed by atoms with Crippen molar-refractivity contribution in [2.24, 2.45) is 0 Å². The number of rotatable bonds is 6. The smallest absolute Gasteiger partial charge is 0.291 e. The molecule has 0 aliphatic carbocycles. The number of ether oxygens (including phenoxy) is 1. The van der Waals surface area contributed by atoms with Crippen LogP contribution in [0.3, 0.4) is 0 Å². The molecule has 3 aromatic rings. The number of aromatic nitrogens is 3. The first-order chi connectivity index (χ1) is 13.3. The van der Waals surface area contributed by atoms with E-state index in [1.54, 1.807) is 23.1 Å². The number of hydrogen-bond donors (Lipinski definition) is 1. The van der Waals surface area contributed by atoms with Crippen molar-refractivity contribution < 1.29 is 15.0 Å². The van der Waals surface area contributed by atoms with E-state index < -0.39 is 5.09 Å². The van der Waals surface area contributed by atoms with Gasteiger partial charge in [0.25, 0.3) is 5.09 Å². The van der Waals surface area contributed by atoms with E-state index in [2.05, 4.69) is 10.1 Å². The van der Waals surface area contributed by atoms with Crippen LogP contribution in [0.15, 0.2) is 55.1 Å². The summed E-state index contributed by atoms with van der Waals surface area (Å²) in [4.78, 5) is 12.3. The number of benzene rings is 2. The third kappa shape index (κ3) is 7.32. The Morgan fingerprint density at radius 2 is 1.79 bits per heavy atom. The lowest BCUT2D eigenvalue weighted by Gasteiger charge is -2.20. The molecule has 0 saturated carbocycles. The first kappa shape index (κ1) is 21.9. The van der Waals surface area contributed by atoms with Gasteiger partial charge in [-0.3, -0.25) is 4.68 Å². The van der Waals surface area contributed by atoms with Crippen molar-refractivity contribution >= 4 is 34.8 Å². The summed E-state index contributed by atoms with van der Waals surface area (Å²) < 4.78 is 7.79. The molecule has 1 heterocycles. The highest BCUT2D eigenvalue weighted by Crippen LogP contribution is 2.30. The SMILES string of the molecule is Clc1ccc(COC(Cn2cncn2)c2ccc(Cl)cc2Cl)cc1.O=[N+]([O-])O. The minimum atomic E-state index is -1.50. The molecule has 0 saturated heterocycles. The fourth-order valence-corrected chi connectivity index (χ4v) is 2.93. The lowest BCUT2D eigenvalue weighted by atomic mass is 10.1. The highest BCUT2D eigenvalue weighted by Gasteiger charge is 2.17. The standard InChI is InChI=1S/C17H14Cl3N3O.HNO3/c18-13-3-1-12(2-4-13)9-24-17(8-23-11-21-10-22-23)15-6-5-14(19)7-16(15)20;2-1(3)4/h1-7,10-11,17H,8-9H2;(H,2,3,4). The number of halogens is 3. The minimum absolute atomic E-state index is 0.285. The van der Waals surface area contributed by atoms with Crippen LogP contribution in [0.5, 0.6) is 0 Å². The van der Waals surface area contributed by atoms with Gasteiger partial charge in [-0.15, -0.1) is 10.1 Å². The normalized spacial score (nSPS) is 11.4. The van der Waals surface area contributed by atoms with Crippen molar-refractivity contribution in [3.8, 4) is 0 Å². The van der Waals surface area contributed by atoms with E-state index in [1.165, 1.54) is 6.33 Å². The lowest BCUT2D eigenvalue weighted by Crippen LogP contribution is -2.14. The van der Waals surface area contributed by atoms with Gasteiger partial charge in [-0.05, 0) is 29.8 Å². The molecule has 8 nitrogen and oxygen atoms in total. The summed E-state index contributed by atoms with van der Waals surface area (Å²) in [6.07, 6.45) is 2.84. The maximum absolute atomic E-state index is 8.36. The Balaban J connectivity index is 0.000000640. The van der Waals surface area contributed by atoms with E-state index in [1.807, 2.05) is 30.3 Å². The van der Waals surface area contributed by atoms with Gasteiger partial charge in [0, 0.05) is 20.6 Å². The van der Waals surface area contributed by atoms with Crippen molar-refractivity contribution in [3.05, 3.63) is 91.4 Å². The topological polar surface area (TPSA) is 103 Å². The fourth-order valence-electron chi connectivity index (χ4n) is 2.28. The van der Waals surface area contributed by atoms with Gasteiger partial charge in [-0.2, -0.15) is 5.10 Å². The molecule has 0 radical (unpaired) electrons. The van der Waals surface area contributed by atoms with Gasteiger partial charge in [-0.25, -0.2) is 4.98 Å². The zero-order chi connectivity index (χ0) is 20.5. The summed E-state index contributed by atoms with van der Waals surface area (Å²) in [6, 6.07) is 12.9. The van der Waals surface area contributed by atoms with E-state index in [9.17, 15) is 0 Å². The molecular formula is C17H15Cl3N4O4. The van der Waals surface area contributed by atoms with Gasteiger partial charge in [0.1, 0.15) is 18.8 Å². The Kier molecular flexibility index (Phi) is 8.46. The summed E-state index contributed by atoms with van der Waals surface area (Å²) in [5.41, 5.74) is 1.87. The molecule has 0 amide bonds. The molecule has 0 aliphatic rings. The van der Waals surface area contributed by atoms with E-state index in [0.29, 0.717) is 28.2 Å². The van der Waals surface area contributed by atoms with Crippen LogP contribution in [0.4, 0.5) is 0 Å². The van der Waals surface area contributed by atoms with Crippen LogP contribution in [0.25, 0.3) is 0 Å². The van der Waals surface area contributed by atoms with Crippen molar-refractivity contribution in [1.29, 1.82) is 0 Å². The molecule has 11 heteroatoms. The summed E-state index contributed by atoms with van der Waals surface area (Å²) in [7, 11) is 0. The average Bonchev–Trinajstić information content (AvgIpc) is 3.13. The van der Waals surface area contributed by atoms with E-state index in [4.69, 9.17) is 54.9 Å². The van der Waals surface area contributed by atoms with Crippen LogP contribution >= 0.6 is 34.8 Å². The molecule has 28 heavy (non-hydrogen) atoms. The van der Waals surface area contributed by atoms with Crippen molar-refractivity contribution in [1.82, 2.24) is 14.8 Å². The highest BCUT2D eigenvalue weighted by molar-refractivity contribution is 6.35. The predicted molar refractivity (Wildman–Crippen MR) is 104 cm³/mol. The first-order valence-corrected chi connectivity index (χ1v) is 8.95. The second kappa shape index (κ2) is 10.8. The molecule has 0 spiro atoms. The lowest BCUT2D eigenvalue weighted by molar-refractivity contribution is -0.742. The van der Waals surface area contributed by atoms with Crippen LogP contribution in [-0.2, 0) is 17.9 Å². The minimum Gasteiger partial charge on any atom is -0.367 e. The Labute approximate surface area is 175 Å². The Hall–Kier alpha value is -2.39. The Bertz CT molecular complexity index is 888. The van der Waals surface area contributed by atoms with Crippen molar-refractivity contribution in [2.45, 2.75) is 19.3 Å². The molecule has 0 fully saturated rings. The van der Waals surface area contributed by atoms with Crippen molar-refractivity contribution in [3.63, 3.8) is 0 Å². The van der Waals surface area contributed by atoms with Crippen LogP contribution in [0, 0.1) is 10.1 Å². The van der Waals surface area contributed by atoms with Crippen LogP contribution in [-0.4, -0.2) is 25.1 Å². The molecule has 1 N–H and O–H groups in total. The Morgan fingerprint density at radius 3 is 2.36 bits per heavy atom. The zero-order valence-corrected chi connectivity index (χ0v) is 16.6.